The van der Waals surface area contributed by atoms with Gasteiger partial charge >= 0.3 is 0 Å². The summed E-state index contributed by atoms with van der Waals surface area (Å²) in [7, 11) is 3.50. The maximum Gasteiger partial charge on any atom is 0.243 e. The second kappa shape index (κ2) is 14.5. The molecule has 0 saturated carbocycles. The molecule has 1 fully saturated rings. The molecule has 1 heterocycles. The Morgan fingerprint density at radius 3 is 2.40 bits per heavy atom. The third kappa shape index (κ3) is 10.9. The van der Waals surface area contributed by atoms with Gasteiger partial charge in [0, 0.05) is 46.8 Å². The molecule has 8 heteroatoms. The SMILES string of the molecule is CCC(CC)CNC(=NCC(=O)N(C)C)NCCN1CCOCC1.I. The fourth-order valence-corrected chi connectivity index (χ4v) is 2.44. The zero-order valence-corrected chi connectivity index (χ0v) is 18.5. The predicted octanol–water partition coefficient (Wildman–Crippen LogP) is 0.996. The lowest BCUT2D eigenvalue weighted by molar-refractivity contribution is -0.127. The highest BCUT2D eigenvalue weighted by atomic mass is 127. The number of nitrogens with one attached hydrogen (secondary N) is 2. The zero-order chi connectivity index (χ0) is 17.8. The molecule has 148 valence electrons. The summed E-state index contributed by atoms with van der Waals surface area (Å²) in [4.78, 5) is 20.1. The summed E-state index contributed by atoms with van der Waals surface area (Å²) in [5.41, 5.74) is 0. The largest absolute Gasteiger partial charge is 0.379 e. The number of nitrogens with zero attached hydrogens (tertiary/aromatic N) is 3. The Labute approximate surface area is 170 Å². The minimum absolute atomic E-state index is 0. The predicted molar refractivity (Wildman–Crippen MR) is 114 cm³/mol. The van der Waals surface area contributed by atoms with E-state index in [1.807, 2.05) is 0 Å². The van der Waals surface area contributed by atoms with E-state index in [0.29, 0.717) is 5.92 Å². The first-order valence-corrected chi connectivity index (χ1v) is 9.09. The van der Waals surface area contributed by atoms with Crippen molar-refractivity contribution < 1.29 is 9.53 Å². The molecular weight excluding hydrogens is 433 g/mol. The number of hydrogen-bond acceptors (Lipinski definition) is 4. The van der Waals surface area contributed by atoms with Crippen molar-refractivity contribution in [2.45, 2.75) is 26.7 Å². The summed E-state index contributed by atoms with van der Waals surface area (Å²) in [6, 6.07) is 0. The van der Waals surface area contributed by atoms with Crippen molar-refractivity contribution in [2.24, 2.45) is 10.9 Å². The second-order valence-electron chi connectivity index (χ2n) is 6.40. The molecule has 1 saturated heterocycles. The maximum atomic E-state index is 11.8. The van der Waals surface area contributed by atoms with Crippen LogP contribution in [0.25, 0.3) is 0 Å². The average Bonchev–Trinajstić information content (AvgIpc) is 2.60. The van der Waals surface area contributed by atoms with E-state index in [2.05, 4.69) is 34.4 Å². The zero-order valence-electron chi connectivity index (χ0n) is 16.2. The number of guanidine groups is 1. The topological polar surface area (TPSA) is 69.2 Å². The van der Waals surface area contributed by atoms with Crippen LogP contribution in [-0.4, -0.2) is 88.2 Å². The van der Waals surface area contributed by atoms with Gasteiger partial charge in [-0.1, -0.05) is 26.7 Å². The van der Waals surface area contributed by atoms with E-state index in [0.717, 1.165) is 64.7 Å². The van der Waals surface area contributed by atoms with Crippen LogP contribution in [0.5, 0.6) is 0 Å². The highest BCUT2D eigenvalue weighted by Gasteiger charge is 2.11. The third-order valence-electron chi connectivity index (χ3n) is 4.41. The number of aliphatic imine (C=N–C) groups is 1. The van der Waals surface area contributed by atoms with Gasteiger partial charge in [0.25, 0.3) is 0 Å². The third-order valence-corrected chi connectivity index (χ3v) is 4.41. The summed E-state index contributed by atoms with van der Waals surface area (Å²) < 4.78 is 5.36. The Hall–Kier alpha value is -0.610. The number of hydrogen-bond donors (Lipinski definition) is 2. The van der Waals surface area contributed by atoms with Gasteiger partial charge in [0.2, 0.25) is 5.91 Å². The van der Waals surface area contributed by atoms with Crippen LogP contribution < -0.4 is 10.6 Å². The molecule has 1 amide bonds. The lowest BCUT2D eigenvalue weighted by atomic mass is 10.0. The molecule has 7 nitrogen and oxygen atoms in total. The van der Waals surface area contributed by atoms with Crippen molar-refractivity contribution in [3.63, 3.8) is 0 Å². The van der Waals surface area contributed by atoms with Gasteiger partial charge < -0.3 is 20.3 Å². The van der Waals surface area contributed by atoms with Gasteiger partial charge in [0.15, 0.2) is 5.96 Å². The summed E-state index contributed by atoms with van der Waals surface area (Å²) in [6.07, 6.45) is 2.28. The van der Waals surface area contributed by atoms with Gasteiger partial charge in [0.05, 0.1) is 13.2 Å². The molecule has 0 bridgehead atoms. The minimum Gasteiger partial charge on any atom is -0.379 e. The summed E-state index contributed by atoms with van der Waals surface area (Å²) in [5.74, 6) is 1.36. The van der Waals surface area contributed by atoms with Crippen LogP contribution in [0.3, 0.4) is 0 Å². The number of carbonyl (C=O) groups is 1. The number of halogens is 1. The van der Waals surface area contributed by atoms with Gasteiger partial charge in [-0.05, 0) is 5.92 Å². The number of rotatable bonds is 9. The quantitative estimate of drug-likeness (QED) is 0.300. The van der Waals surface area contributed by atoms with Crippen LogP contribution >= 0.6 is 24.0 Å². The molecule has 0 unspecified atom stereocenters. The standard InChI is InChI=1S/C17H35N5O2.HI/c1-5-15(6-2)13-19-17(20-14-16(23)21(3)4)18-7-8-22-9-11-24-12-10-22;/h15H,5-14H2,1-4H3,(H2,18,19,20);1H. The molecule has 0 radical (unpaired) electrons. The minimum atomic E-state index is 0. The van der Waals surface area contributed by atoms with E-state index >= 15 is 0 Å². The van der Waals surface area contributed by atoms with Crippen molar-refractivity contribution in [1.82, 2.24) is 20.4 Å². The molecule has 0 aromatic heterocycles. The highest BCUT2D eigenvalue weighted by molar-refractivity contribution is 14.0. The van der Waals surface area contributed by atoms with Crippen molar-refractivity contribution in [3.05, 3.63) is 0 Å². The number of amides is 1. The summed E-state index contributed by atoms with van der Waals surface area (Å²) in [5, 5.41) is 6.73. The van der Waals surface area contributed by atoms with Crippen LogP contribution in [0.2, 0.25) is 0 Å². The highest BCUT2D eigenvalue weighted by Crippen LogP contribution is 2.04. The van der Waals surface area contributed by atoms with Crippen LogP contribution in [0.4, 0.5) is 0 Å². The number of morpholine rings is 1. The molecule has 25 heavy (non-hydrogen) atoms. The first-order chi connectivity index (χ1) is 11.6. The molecule has 1 aliphatic rings. The molecule has 0 spiro atoms. The Balaban J connectivity index is 0.00000576. The van der Waals surface area contributed by atoms with Crippen LogP contribution in [0.1, 0.15) is 26.7 Å². The number of ether oxygens (including phenoxy) is 1. The average molecular weight is 469 g/mol. The Kier molecular flexibility index (Phi) is 14.2. The molecular formula is C17H36IN5O2. The molecule has 1 aliphatic heterocycles. The van der Waals surface area contributed by atoms with Crippen LogP contribution in [0, 0.1) is 5.92 Å². The molecule has 0 aromatic rings. The van der Waals surface area contributed by atoms with E-state index in [9.17, 15) is 4.79 Å². The Bertz CT molecular complexity index is 383. The van der Waals surface area contributed by atoms with E-state index in [4.69, 9.17) is 4.74 Å². The van der Waals surface area contributed by atoms with Gasteiger partial charge in [-0.25, -0.2) is 4.99 Å². The normalized spacial score (nSPS) is 15.6. The van der Waals surface area contributed by atoms with Gasteiger partial charge in [-0.2, -0.15) is 0 Å². The van der Waals surface area contributed by atoms with Crippen molar-refractivity contribution in [2.75, 3.05) is 66.6 Å². The fourth-order valence-electron chi connectivity index (χ4n) is 2.44. The van der Waals surface area contributed by atoms with Crippen LogP contribution in [-0.2, 0) is 9.53 Å². The van der Waals surface area contributed by atoms with Gasteiger partial charge in [-0.15, -0.1) is 24.0 Å². The number of carbonyl (C=O) groups excluding carboxylic acids is 1. The lowest BCUT2D eigenvalue weighted by Gasteiger charge is -2.27. The van der Waals surface area contributed by atoms with Crippen molar-refractivity contribution >= 4 is 35.8 Å². The molecule has 1 rings (SSSR count). The maximum absolute atomic E-state index is 11.8. The van der Waals surface area contributed by atoms with Gasteiger partial charge in [-0.3, -0.25) is 9.69 Å². The molecule has 0 aromatic carbocycles. The lowest BCUT2D eigenvalue weighted by Crippen LogP contribution is -2.45. The summed E-state index contributed by atoms with van der Waals surface area (Å²) in [6.45, 7) is 10.8. The van der Waals surface area contributed by atoms with E-state index < -0.39 is 0 Å². The van der Waals surface area contributed by atoms with E-state index in [1.54, 1.807) is 19.0 Å². The van der Waals surface area contributed by atoms with Crippen molar-refractivity contribution in [3.8, 4) is 0 Å². The van der Waals surface area contributed by atoms with Crippen LogP contribution in [0.15, 0.2) is 4.99 Å². The second-order valence-corrected chi connectivity index (χ2v) is 6.40. The summed E-state index contributed by atoms with van der Waals surface area (Å²) >= 11 is 0. The van der Waals surface area contributed by atoms with Crippen molar-refractivity contribution in [1.29, 1.82) is 0 Å². The number of likely N-dealkylation sites (N-methyl/N-ethyl adjacent to an activating group) is 1. The first kappa shape index (κ1) is 24.4. The van der Waals surface area contributed by atoms with E-state index in [-0.39, 0.29) is 36.4 Å². The Morgan fingerprint density at radius 2 is 1.84 bits per heavy atom. The monoisotopic (exact) mass is 469 g/mol. The Morgan fingerprint density at radius 1 is 1.20 bits per heavy atom. The fraction of sp³-hybridized carbons (Fsp3) is 0.882. The van der Waals surface area contributed by atoms with Gasteiger partial charge in [0.1, 0.15) is 6.54 Å². The first-order valence-electron chi connectivity index (χ1n) is 9.09. The molecule has 2 N–H and O–H groups in total. The smallest absolute Gasteiger partial charge is 0.243 e. The van der Waals surface area contributed by atoms with E-state index in [1.165, 1.54) is 0 Å². The molecule has 0 atom stereocenters. The molecule has 0 aliphatic carbocycles.